The van der Waals surface area contributed by atoms with Gasteiger partial charge in [-0.15, -0.1) is 11.3 Å². The van der Waals surface area contributed by atoms with E-state index in [4.69, 9.17) is 11.6 Å². The highest BCUT2D eigenvalue weighted by Crippen LogP contribution is 2.31. The van der Waals surface area contributed by atoms with Crippen molar-refractivity contribution in [2.45, 2.75) is 0 Å². The molecule has 3 nitrogen and oxygen atoms in total. The van der Waals surface area contributed by atoms with Crippen LogP contribution in [-0.2, 0) is 0 Å². The topological polar surface area (TPSA) is 49.3 Å². The molecule has 0 aliphatic heterocycles. The minimum Gasteiger partial charge on any atom is -0.478 e. The summed E-state index contributed by atoms with van der Waals surface area (Å²) in [5, 5.41) is 16.6. The van der Waals surface area contributed by atoms with Gasteiger partial charge in [-0.05, 0) is 70.4 Å². The molecule has 3 aromatic carbocycles. The summed E-state index contributed by atoms with van der Waals surface area (Å²) in [5.41, 5.74) is 3.45. The van der Waals surface area contributed by atoms with Crippen molar-refractivity contribution >= 4 is 50.4 Å². The van der Waals surface area contributed by atoms with E-state index in [1.165, 1.54) is 4.70 Å². The number of carboxylic acid groups (broad SMARTS) is 1. The molecule has 4 aromatic rings. The molecule has 0 radical (unpaired) electrons. The van der Waals surface area contributed by atoms with Crippen molar-refractivity contribution in [3.05, 3.63) is 82.7 Å². The van der Waals surface area contributed by atoms with E-state index < -0.39 is 5.97 Å². The van der Waals surface area contributed by atoms with Gasteiger partial charge in [0.1, 0.15) is 0 Å². The highest BCUT2D eigenvalue weighted by Gasteiger charge is 2.12. The van der Waals surface area contributed by atoms with E-state index in [9.17, 15) is 9.90 Å². The van der Waals surface area contributed by atoms with Crippen molar-refractivity contribution in [1.29, 1.82) is 0 Å². The van der Waals surface area contributed by atoms with Gasteiger partial charge in [0.15, 0.2) is 0 Å². The van der Waals surface area contributed by atoms with Gasteiger partial charge in [-0.3, -0.25) is 0 Å². The number of hydrogen-bond acceptors (Lipinski definition) is 3. The molecular weight excluding hydrogens is 366 g/mol. The summed E-state index contributed by atoms with van der Waals surface area (Å²) in [7, 11) is 0. The molecule has 1 aromatic heterocycles. The highest BCUT2D eigenvalue weighted by molar-refractivity contribution is 7.17. The Kier molecular flexibility index (Phi) is 4.37. The summed E-state index contributed by atoms with van der Waals surface area (Å²) in [5.74, 6) is -0.971. The third-order valence-electron chi connectivity index (χ3n) is 4.14. The van der Waals surface area contributed by atoms with Crippen LogP contribution in [0.15, 0.2) is 72.1 Å². The molecule has 4 rings (SSSR count). The van der Waals surface area contributed by atoms with Gasteiger partial charge in [0.2, 0.25) is 0 Å². The second kappa shape index (κ2) is 6.83. The molecule has 0 unspecified atom stereocenters. The predicted molar refractivity (Wildman–Crippen MR) is 109 cm³/mol. The maximum Gasteiger partial charge on any atom is 0.337 e. The fourth-order valence-corrected chi connectivity index (χ4v) is 3.84. The molecule has 0 amide bonds. The Balaban J connectivity index is 1.77. The Bertz CT molecular complexity index is 1120. The number of fused-ring (bicyclic) bond motifs is 1. The molecule has 0 aliphatic rings. The van der Waals surface area contributed by atoms with Gasteiger partial charge < -0.3 is 10.4 Å². The van der Waals surface area contributed by atoms with Crippen LogP contribution in [0.5, 0.6) is 0 Å². The number of carboxylic acids is 1. The first-order chi connectivity index (χ1) is 12.6. The number of rotatable bonds is 4. The number of thiophene rings is 1. The third kappa shape index (κ3) is 3.29. The first-order valence-electron chi connectivity index (χ1n) is 7.98. The lowest BCUT2D eigenvalue weighted by Crippen LogP contribution is -2.03. The molecule has 2 N–H and O–H groups in total. The number of hydrogen-bond donors (Lipinski definition) is 2. The van der Waals surface area contributed by atoms with Crippen molar-refractivity contribution in [1.82, 2.24) is 0 Å². The Morgan fingerprint density at radius 3 is 2.62 bits per heavy atom. The summed E-state index contributed by atoms with van der Waals surface area (Å²) in [6.45, 7) is 0. The van der Waals surface area contributed by atoms with Crippen LogP contribution in [0.25, 0.3) is 21.2 Å². The van der Waals surface area contributed by atoms with Gasteiger partial charge in [0.25, 0.3) is 0 Å². The number of anilines is 2. The molecule has 0 spiro atoms. The van der Waals surface area contributed by atoms with Gasteiger partial charge in [-0.2, -0.15) is 0 Å². The van der Waals surface area contributed by atoms with Crippen molar-refractivity contribution in [3.63, 3.8) is 0 Å². The van der Waals surface area contributed by atoms with Crippen molar-refractivity contribution in [2.75, 3.05) is 5.32 Å². The number of nitrogens with one attached hydrogen (secondary N) is 1. The number of carbonyl (C=O) groups is 1. The number of halogens is 1. The smallest absolute Gasteiger partial charge is 0.337 e. The molecule has 0 atom stereocenters. The lowest BCUT2D eigenvalue weighted by atomic mass is 10.0. The molecule has 26 heavy (non-hydrogen) atoms. The zero-order valence-electron chi connectivity index (χ0n) is 13.6. The summed E-state index contributed by atoms with van der Waals surface area (Å²) in [4.78, 5) is 11.6. The van der Waals surface area contributed by atoms with Crippen LogP contribution in [0.4, 0.5) is 11.4 Å². The lowest BCUT2D eigenvalue weighted by Gasteiger charge is -2.12. The molecule has 0 saturated heterocycles. The average Bonchev–Trinajstić information content (AvgIpc) is 3.09. The fourth-order valence-electron chi connectivity index (χ4n) is 2.88. The molecular formula is C21H14ClNO2S. The molecule has 5 heteroatoms. The largest absolute Gasteiger partial charge is 0.478 e. The molecule has 0 bridgehead atoms. The van der Waals surface area contributed by atoms with Gasteiger partial charge >= 0.3 is 5.97 Å². The highest BCUT2D eigenvalue weighted by atomic mass is 35.5. The van der Waals surface area contributed by atoms with Crippen molar-refractivity contribution in [2.24, 2.45) is 0 Å². The van der Waals surface area contributed by atoms with Crippen LogP contribution in [-0.4, -0.2) is 11.1 Å². The van der Waals surface area contributed by atoms with Crippen LogP contribution in [0.3, 0.4) is 0 Å². The van der Waals surface area contributed by atoms with Gasteiger partial charge in [-0.1, -0.05) is 29.8 Å². The van der Waals surface area contributed by atoms with E-state index >= 15 is 0 Å². The standard InChI is InChI=1S/C21H14ClNO2S/c22-16-3-1-2-13(10-16)14-4-6-18(21(24)25)19(12-14)23-17-5-7-20-15(11-17)8-9-26-20/h1-12,23H,(H,24,25). The fraction of sp³-hybridized carbons (Fsp3) is 0. The van der Waals surface area contributed by atoms with E-state index in [1.54, 1.807) is 23.5 Å². The number of aromatic carboxylic acids is 1. The van der Waals surface area contributed by atoms with E-state index in [0.29, 0.717) is 10.7 Å². The maximum atomic E-state index is 11.6. The quantitative estimate of drug-likeness (QED) is 0.416. The number of benzene rings is 3. The van der Waals surface area contributed by atoms with E-state index in [1.807, 2.05) is 60.0 Å². The van der Waals surface area contributed by atoms with Gasteiger partial charge in [0.05, 0.1) is 11.3 Å². The van der Waals surface area contributed by atoms with Gasteiger partial charge in [-0.25, -0.2) is 4.79 Å². The second-order valence-electron chi connectivity index (χ2n) is 5.87. The summed E-state index contributed by atoms with van der Waals surface area (Å²) < 4.78 is 1.20. The second-order valence-corrected chi connectivity index (χ2v) is 7.26. The zero-order chi connectivity index (χ0) is 18.1. The Morgan fingerprint density at radius 2 is 1.81 bits per heavy atom. The average molecular weight is 380 g/mol. The Labute approximate surface area is 159 Å². The lowest BCUT2D eigenvalue weighted by molar-refractivity contribution is 0.0698. The first-order valence-corrected chi connectivity index (χ1v) is 9.23. The Morgan fingerprint density at radius 1 is 0.962 bits per heavy atom. The molecule has 0 aliphatic carbocycles. The van der Waals surface area contributed by atoms with Crippen LogP contribution < -0.4 is 5.32 Å². The zero-order valence-corrected chi connectivity index (χ0v) is 15.1. The minimum atomic E-state index is -0.971. The van der Waals surface area contributed by atoms with Crippen molar-refractivity contribution in [3.8, 4) is 11.1 Å². The third-order valence-corrected chi connectivity index (χ3v) is 5.27. The van der Waals surface area contributed by atoms with E-state index in [-0.39, 0.29) is 5.56 Å². The van der Waals surface area contributed by atoms with Crippen LogP contribution >= 0.6 is 22.9 Å². The predicted octanol–water partition coefficient (Wildman–Crippen LogP) is 6.66. The summed E-state index contributed by atoms with van der Waals surface area (Å²) >= 11 is 7.76. The molecule has 128 valence electrons. The van der Waals surface area contributed by atoms with Crippen LogP contribution in [0.2, 0.25) is 5.02 Å². The van der Waals surface area contributed by atoms with E-state index in [0.717, 1.165) is 22.2 Å². The summed E-state index contributed by atoms with van der Waals surface area (Å²) in [6.07, 6.45) is 0. The monoisotopic (exact) mass is 379 g/mol. The molecule has 0 saturated carbocycles. The van der Waals surface area contributed by atoms with Gasteiger partial charge in [0, 0.05) is 15.4 Å². The normalized spacial score (nSPS) is 10.8. The van der Waals surface area contributed by atoms with Crippen molar-refractivity contribution < 1.29 is 9.90 Å². The SMILES string of the molecule is O=C(O)c1ccc(-c2cccc(Cl)c2)cc1Nc1ccc2sccc2c1. The molecule has 0 fully saturated rings. The molecule has 1 heterocycles. The van der Waals surface area contributed by atoms with E-state index in [2.05, 4.69) is 5.32 Å². The van der Waals surface area contributed by atoms with Crippen LogP contribution in [0.1, 0.15) is 10.4 Å². The Hall–Kier alpha value is -2.82. The maximum absolute atomic E-state index is 11.6. The minimum absolute atomic E-state index is 0.223. The summed E-state index contributed by atoms with van der Waals surface area (Å²) in [6, 6.07) is 20.8. The van der Waals surface area contributed by atoms with Crippen LogP contribution in [0, 0.1) is 0 Å². The first kappa shape index (κ1) is 16.6.